The van der Waals surface area contributed by atoms with Gasteiger partial charge in [0, 0.05) is 0 Å². The summed E-state index contributed by atoms with van der Waals surface area (Å²) in [6.45, 7) is 0. The van der Waals surface area contributed by atoms with Crippen molar-refractivity contribution < 1.29 is 9.84 Å². The Morgan fingerprint density at radius 1 is 0.941 bits per heavy atom. The Balaban J connectivity index is 2.14. The van der Waals surface area contributed by atoms with Crippen molar-refractivity contribution in [3.63, 3.8) is 0 Å². The molecule has 0 fully saturated rings. The molecule has 0 bridgehead atoms. The molecule has 0 saturated heterocycles. The standard InChI is InChI=1S/C15H14O2/c1-17-15-9-7-12(8-10-15)5-6-13-3-2-4-14(16)11-13/h2-11,16H,1H3/b6-5-. The third-order valence-corrected chi connectivity index (χ3v) is 2.45. The lowest BCUT2D eigenvalue weighted by atomic mass is 10.1. The Morgan fingerprint density at radius 3 is 2.29 bits per heavy atom. The second kappa shape index (κ2) is 5.21. The first-order chi connectivity index (χ1) is 8.28. The van der Waals surface area contributed by atoms with Crippen molar-refractivity contribution in [3.05, 3.63) is 59.7 Å². The van der Waals surface area contributed by atoms with Gasteiger partial charge in [0.05, 0.1) is 7.11 Å². The van der Waals surface area contributed by atoms with Crippen LogP contribution < -0.4 is 4.74 Å². The molecule has 2 aromatic rings. The average Bonchev–Trinajstić information content (AvgIpc) is 2.37. The molecule has 2 rings (SSSR count). The van der Waals surface area contributed by atoms with Crippen molar-refractivity contribution in [2.24, 2.45) is 0 Å². The third kappa shape index (κ3) is 3.11. The minimum Gasteiger partial charge on any atom is -0.508 e. The zero-order valence-electron chi connectivity index (χ0n) is 9.63. The normalized spacial score (nSPS) is 10.6. The lowest BCUT2D eigenvalue weighted by Gasteiger charge is -1.99. The summed E-state index contributed by atoms with van der Waals surface area (Å²) >= 11 is 0. The number of aromatic hydroxyl groups is 1. The average molecular weight is 226 g/mol. The molecule has 0 radical (unpaired) electrons. The summed E-state index contributed by atoms with van der Waals surface area (Å²) in [6, 6.07) is 15.0. The summed E-state index contributed by atoms with van der Waals surface area (Å²) in [7, 11) is 1.65. The molecule has 0 heterocycles. The van der Waals surface area contributed by atoms with E-state index in [9.17, 15) is 5.11 Å². The molecule has 2 heteroatoms. The number of methoxy groups -OCH3 is 1. The van der Waals surface area contributed by atoms with E-state index in [2.05, 4.69) is 0 Å². The Kier molecular flexibility index (Phi) is 3.46. The van der Waals surface area contributed by atoms with Crippen molar-refractivity contribution in [2.45, 2.75) is 0 Å². The molecule has 1 N–H and O–H groups in total. The number of phenols is 1. The fraction of sp³-hybridized carbons (Fsp3) is 0.0667. The highest BCUT2D eigenvalue weighted by Crippen LogP contribution is 2.16. The van der Waals surface area contributed by atoms with Crippen LogP contribution >= 0.6 is 0 Å². The molecule has 0 spiro atoms. The third-order valence-electron chi connectivity index (χ3n) is 2.45. The maximum Gasteiger partial charge on any atom is 0.118 e. The van der Waals surface area contributed by atoms with Gasteiger partial charge < -0.3 is 9.84 Å². The largest absolute Gasteiger partial charge is 0.508 e. The summed E-state index contributed by atoms with van der Waals surface area (Å²) < 4.78 is 5.09. The number of benzene rings is 2. The second-order valence-electron chi connectivity index (χ2n) is 3.70. The zero-order valence-corrected chi connectivity index (χ0v) is 9.63. The van der Waals surface area contributed by atoms with Crippen LogP contribution in [0.1, 0.15) is 11.1 Å². The maximum absolute atomic E-state index is 9.33. The zero-order chi connectivity index (χ0) is 12.1. The molecule has 86 valence electrons. The van der Waals surface area contributed by atoms with Gasteiger partial charge in [-0.05, 0) is 35.4 Å². The Bertz CT molecular complexity index is 513. The van der Waals surface area contributed by atoms with Crippen LogP contribution in [0.15, 0.2) is 48.5 Å². The first-order valence-electron chi connectivity index (χ1n) is 5.39. The van der Waals surface area contributed by atoms with E-state index in [1.807, 2.05) is 48.6 Å². The molecule has 0 saturated carbocycles. The molecule has 0 aromatic heterocycles. The molecule has 0 amide bonds. The number of hydrogen-bond acceptors (Lipinski definition) is 2. The predicted octanol–water partition coefficient (Wildman–Crippen LogP) is 3.57. The molecule has 2 nitrogen and oxygen atoms in total. The van der Waals surface area contributed by atoms with Gasteiger partial charge in [-0.3, -0.25) is 0 Å². The number of hydrogen-bond donors (Lipinski definition) is 1. The van der Waals surface area contributed by atoms with Gasteiger partial charge in [-0.15, -0.1) is 0 Å². The summed E-state index contributed by atoms with van der Waals surface area (Å²) in [5.41, 5.74) is 2.06. The highest BCUT2D eigenvalue weighted by molar-refractivity contribution is 5.70. The van der Waals surface area contributed by atoms with Crippen LogP contribution in [-0.2, 0) is 0 Å². The lowest BCUT2D eigenvalue weighted by Crippen LogP contribution is -1.81. The Labute approximate surface area is 101 Å². The number of rotatable bonds is 3. The van der Waals surface area contributed by atoms with E-state index in [1.54, 1.807) is 19.2 Å². The summed E-state index contributed by atoms with van der Waals surface area (Å²) in [6.07, 6.45) is 3.95. The summed E-state index contributed by atoms with van der Waals surface area (Å²) in [5, 5.41) is 9.33. The van der Waals surface area contributed by atoms with Crippen molar-refractivity contribution in [2.75, 3.05) is 7.11 Å². The molecular weight excluding hydrogens is 212 g/mol. The van der Waals surface area contributed by atoms with E-state index in [1.165, 1.54) is 0 Å². The molecule has 0 unspecified atom stereocenters. The van der Waals surface area contributed by atoms with Crippen LogP contribution in [0.5, 0.6) is 11.5 Å². The Hall–Kier alpha value is -2.22. The fourth-order valence-corrected chi connectivity index (χ4v) is 1.54. The minimum atomic E-state index is 0.280. The van der Waals surface area contributed by atoms with Gasteiger partial charge in [0.2, 0.25) is 0 Å². The van der Waals surface area contributed by atoms with E-state index in [-0.39, 0.29) is 5.75 Å². The monoisotopic (exact) mass is 226 g/mol. The topological polar surface area (TPSA) is 29.5 Å². The molecule has 0 aliphatic rings. The van der Waals surface area contributed by atoms with Crippen LogP contribution in [0.2, 0.25) is 0 Å². The van der Waals surface area contributed by atoms with Gasteiger partial charge in [0.25, 0.3) is 0 Å². The van der Waals surface area contributed by atoms with Crippen LogP contribution in [0.3, 0.4) is 0 Å². The minimum absolute atomic E-state index is 0.280. The Morgan fingerprint density at radius 2 is 1.65 bits per heavy atom. The van der Waals surface area contributed by atoms with Crippen LogP contribution in [0, 0.1) is 0 Å². The van der Waals surface area contributed by atoms with Gasteiger partial charge in [0.15, 0.2) is 0 Å². The van der Waals surface area contributed by atoms with E-state index < -0.39 is 0 Å². The quantitative estimate of drug-likeness (QED) is 0.811. The fourth-order valence-electron chi connectivity index (χ4n) is 1.54. The predicted molar refractivity (Wildman–Crippen MR) is 70.0 cm³/mol. The van der Waals surface area contributed by atoms with E-state index in [0.29, 0.717) is 0 Å². The van der Waals surface area contributed by atoms with Gasteiger partial charge >= 0.3 is 0 Å². The van der Waals surface area contributed by atoms with Crippen molar-refractivity contribution in [3.8, 4) is 11.5 Å². The summed E-state index contributed by atoms with van der Waals surface area (Å²) in [5.74, 6) is 1.13. The highest BCUT2D eigenvalue weighted by Gasteiger charge is 1.92. The SMILES string of the molecule is COc1ccc(/C=C\c2cccc(O)c2)cc1. The molecular formula is C15H14O2. The second-order valence-corrected chi connectivity index (χ2v) is 3.70. The van der Waals surface area contributed by atoms with Gasteiger partial charge in [-0.25, -0.2) is 0 Å². The van der Waals surface area contributed by atoms with Gasteiger partial charge in [-0.1, -0.05) is 36.4 Å². The van der Waals surface area contributed by atoms with E-state index in [0.717, 1.165) is 16.9 Å². The van der Waals surface area contributed by atoms with Gasteiger partial charge in [0.1, 0.15) is 11.5 Å². The smallest absolute Gasteiger partial charge is 0.118 e. The van der Waals surface area contributed by atoms with Crippen LogP contribution in [0.4, 0.5) is 0 Å². The van der Waals surface area contributed by atoms with Crippen molar-refractivity contribution in [1.29, 1.82) is 0 Å². The molecule has 17 heavy (non-hydrogen) atoms. The van der Waals surface area contributed by atoms with Gasteiger partial charge in [-0.2, -0.15) is 0 Å². The van der Waals surface area contributed by atoms with Crippen molar-refractivity contribution in [1.82, 2.24) is 0 Å². The molecule has 2 aromatic carbocycles. The lowest BCUT2D eigenvalue weighted by molar-refractivity contribution is 0.415. The van der Waals surface area contributed by atoms with Crippen molar-refractivity contribution >= 4 is 12.2 Å². The molecule has 0 aliphatic heterocycles. The molecule has 0 atom stereocenters. The first kappa shape index (κ1) is 11.3. The number of ether oxygens (including phenoxy) is 1. The summed E-state index contributed by atoms with van der Waals surface area (Å²) in [4.78, 5) is 0. The molecule has 0 aliphatic carbocycles. The van der Waals surface area contributed by atoms with E-state index >= 15 is 0 Å². The van der Waals surface area contributed by atoms with E-state index in [4.69, 9.17) is 4.74 Å². The van der Waals surface area contributed by atoms with Crippen LogP contribution in [0.25, 0.3) is 12.2 Å². The van der Waals surface area contributed by atoms with Crippen LogP contribution in [-0.4, -0.2) is 12.2 Å². The number of phenolic OH excluding ortho intramolecular Hbond substituents is 1. The highest BCUT2D eigenvalue weighted by atomic mass is 16.5. The first-order valence-corrected chi connectivity index (χ1v) is 5.39. The maximum atomic E-state index is 9.33.